The molecule has 1 saturated carbocycles. The van der Waals surface area contributed by atoms with Gasteiger partial charge in [0.05, 0.1) is 12.2 Å². The number of benzene rings is 1. The summed E-state index contributed by atoms with van der Waals surface area (Å²) in [6, 6.07) is 9.19. The van der Waals surface area contributed by atoms with Crippen LogP contribution in [0.3, 0.4) is 0 Å². The first-order valence-electron chi connectivity index (χ1n) is 8.57. The SMILES string of the molecule is Cc1cc(C)cc(OCC(=O)NCCn2nc(C3CC3)ccc2=O)c1. The molecule has 0 spiro atoms. The van der Waals surface area contributed by atoms with E-state index in [1.54, 1.807) is 12.1 Å². The summed E-state index contributed by atoms with van der Waals surface area (Å²) in [6.45, 7) is 4.62. The van der Waals surface area contributed by atoms with Crippen LogP contribution < -0.4 is 15.6 Å². The summed E-state index contributed by atoms with van der Waals surface area (Å²) in [5.74, 6) is 0.959. The van der Waals surface area contributed by atoms with Gasteiger partial charge in [-0.3, -0.25) is 9.59 Å². The lowest BCUT2D eigenvalue weighted by molar-refractivity contribution is -0.123. The van der Waals surface area contributed by atoms with Crippen LogP contribution in [0.4, 0.5) is 0 Å². The smallest absolute Gasteiger partial charge is 0.266 e. The first-order valence-corrected chi connectivity index (χ1v) is 8.57. The van der Waals surface area contributed by atoms with Crippen LogP contribution in [0.1, 0.15) is 35.6 Å². The van der Waals surface area contributed by atoms with E-state index in [1.165, 1.54) is 4.68 Å². The fourth-order valence-corrected chi connectivity index (χ4v) is 2.74. The molecule has 1 amide bonds. The lowest BCUT2D eigenvalue weighted by Gasteiger charge is -2.10. The molecule has 1 heterocycles. The van der Waals surface area contributed by atoms with Crippen molar-refractivity contribution in [2.45, 2.75) is 39.2 Å². The number of hydrogen-bond donors (Lipinski definition) is 1. The lowest BCUT2D eigenvalue weighted by Crippen LogP contribution is -2.34. The molecule has 1 aliphatic rings. The van der Waals surface area contributed by atoms with Crippen LogP contribution in [-0.2, 0) is 11.3 Å². The molecule has 6 nitrogen and oxygen atoms in total. The van der Waals surface area contributed by atoms with Gasteiger partial charge in [0.25, 0.3) is 11.5 Å². The number of rotatable bonds is 7. The fraction of sp³-hybridized carbons (Fsp3) is 0.421. The van der Waals surface area contributed by atoms with Gasteiger partial charge in [0.1, 0.15) is 5.75 Å². The Morgan fingerprint density at radius 3 is 2.64 bits per heavy atom. The Kier molecular flexibility index (Phi) is 5.16. The Morgan fingerprint density at radius 1 is 1.24 bits per heavy atom. The van der Waals surface area contributed by atoms with Gasteiger partial charge in [-0.1, -0.05) is 6.07 Å². The minimum absolute atomic E-state index is 0.0483. The van der Waals surface area contributed by atoms with Gasteiger partial charge in [0.15, 0.2) is 6.61 Å². The van der Waals surface area contributed by atoms with Gasteiger partial charge in [0.2, 0.25) is 0 Å². The highest BCUT2D eigenvalue weighted by molar-refractivity contribution is 5.77. The number of hydrogen-bond acceptors (Lipinski definition) is 4. The van der Waals surface area contributed by atoms with E-state index in [4.69, 9.17) is 4.74 Å². The van der Waals surface area contributed by atoms with Gasteiger partial charge < -0.3 is 10.1 Å². The van der Waals surface area contributed by atoms with E-state index in [0.29, 0.717) is 24.8 Å². The van der Waals surface area contributed by atoms with E-state index in [-0.39, 0.29) is 18.1 Å². The molecular weight excluding hydrogens is 318 g/mol. The minimum Gasteiger partial charge on any atom is -0.484 e. The highest BCUT2D eigenvalue weighted by Gasteiger charge is 2.25. The average molecular weight is 341 g/mol. The molecule has 1 aromatic heterocycles. The Balaban J connectivity index is 1.46. The molecule has 0 aliphatic heterocycles. The zero-order chi connectivity index (χ0) is 17.8. The highest BCUT2D eigenvalue weighted by atomic mass is 16.5. The number of ether oxygens (including phenoxy) is 1. The van der Waals surface area contributed by atoms with Crippen LogP contribution in [-0.4, -0.2) is 28.8 Å². The number of aryl methyl sites for hydroxylation is 2. The molecular formula is C19H23N3O3. The maximum Gasteiger partial charge on any atom is 0.266 e. The summed E-state index contributed by atoms with van der Waals surface area (Å²) in [4.78, 5) is 23.7. The van der Waals surface area contributed by atoms with Crippen molar-refractivity contribution in [3.63, 3.8) is 0 Å². The van der Waals surface area contributed by atoms with Crippen LogP contribution in [0.2, 0.25) is 0 Å². The predicted molar refractivity (Wildman–Crippen MR) is 94.9 cm³/mol. The fourth-order valence-electron chi connectivity index (χ4n) is 2.74. The maximum atomic E-state index is 11.9. The lowest BCUT2D eigenvalue weighted by atomic mass is 10.1. The molecule has 1 N–H and O–H groups in total. The summed E-state index contributed by atoms with van der Waals surface area (Å²) in [7, 11) is 0. The molecule has 0 saturated heterocycles. The van der Waals surface area contributed by atoms with E-state index < -0.39 is 0 Å². The summed E-state index contributed by atoms with van der Waals surface area (Å²) in [5.41, 5.74) is 3.00. The van der Waals surface area contributed by atoms with Crippen LogP contribution >= 0.6 is 0 Å². The minimum atomic E-state index is -0.217. The van der Waals surface area contributed by atoms with Crippen molar-refractivity contribution < 1.29 is 9.53 Å². The molecule has 3 rings (SSSR count). The average Bonchev–Trinajstić information content (AvgIpc) is 3.39. The van der Waals surface area contributed by atoms with Crippen molar-refractivity contribution in [3.8, 4) is 5.75 Å². The summed E-state index contributed by atoms with van der Waals surface area (Å²) in [5, 5.41) is 7.12. The molecule has 0 radical (unpaired) electrons. The second kappa shape index (κ2) is 7.51. The zero-order valence-electron chi connectivity index (χ0n) is 14.6. The molecule has 1 aromatic carbocycles. The topological polar surface area (TPSA) is 73.2 Å². The largest absolute Gasteiger partial charge is 0.484 e. The summed E-state index contributed by atoms with van der Waals surface area (Å²) in [6.07, 6.45) is 2.27. The molecule has 6 heteroatoms. The third kappa shape index (κ3) is 4.92. The number of nitrogens with one attached hydrogen (secondary N) is 1. The predicted octanol–water partition coefficient (Wildman–Crippen LogP) is 1.93. The second-order valence-corrected chi connectivity index (χ2v) is 6.56. The second-order valence-electron chi connectivity index (χ2n) is 6.56. The van der Waals surface area contributed by atoms with Crippen molar-refractivity contribution in [1.29, 1.82) is 0 Å². The van der Waals surface area contributed by atoms with Crippen LogP contribution in [0, 0.1) is 13.8 Å². The van der Waals surface area contributed by atoms with Crippen LogP contribution in [0.15, 0.2) is 35.1 Å². The first-order chi connectivity index (χ1) is 12.0. The van der Waals surface area contributed by atoms with Gasteiger partial charge >= 0.3 is 0 Å². The van der Waals surface area contributed by atoms with Crippen molar-refractivity contribution in [1.82, 2.24) is 15.1 Å². The van der Waals surface area contributed by atoms with Crippen LogP contribution in [0.25, 0.3) is 0 Å². The Hall–Kier alpha value is -2.63. The molecule has 2 aromatic rings. The van der Waals surface area contributed by atoms with Gasteiger partial charge in [0, 0.05) is 18.5 Å². The Labute approximate surface area is 146 Å². The number of aromatic nitrogens is 2. The number of carbonyl (C=O) groups is 1. The maximum absolute atomic E-state index is 11.9. The van der Waals surface area contributed by atoms with Crippen molar-refractivity contribution >= 4 is 5.91 Å². The van der Waals surface area contributed by atoms with Gasteiger partial charge in [-0.25, -0.2) is 4.68 Å². The molecule has 132 valence electrons. The zero-order valence-corrected chi connectivity index (χ0v) is 14.6. The molecule has 0 unspecified atom stereocenters. The van der Waals surface area contributed by atoms with E-state index in [0.717, 1.165) is 29.7 Å². The quantitative estimate of drug-likeness (QED) is 0.835. The standard InChI is InChI=1S/C19H23N3O3/c1-13-9-14(2)11-16(10-13)25-12-18(23)20-7-8-22-19(24)6-5-17(21-22)15-3-4-15/h5-6,9-11,15H,3-4,7-8,12H2,1-2H3,(H,20,23). The van der Waals surface area contributed by atoms with Crippen molar-refractivity contribution in [2.24, 2.45) is 0 Å². The summed E-state index contributed by atoms with van der Waals surface area (Å²) < 4.78 is 6.93. The Morgan fingerprint density at radius 2 is 1.96 bits per heavy atom. The van der Waals surface area contributed by atoms with Crippen molar-refractivity contribution in [2.75, 3.05) is 13.2 Å². The molecule has 0 bridgehead atoms. The number of amides is 1. The van der Waals surface area contributed by atoms with E-state index in [2.05, 4.69) is 10.4 Å². The van der Waals surface area contributed by atoms with Gasteiger partial charge in [-0.2, -0.15) is 5.10 Å². The number of carbonyl (C=O) groups excluding carboxylic acids is 1. The van der Waals surface area contributed by atoms with Crippen molar-refractivity contribution in [3.05, 3.63) is 57.5 Å². The van der Waals surface area contributed by atoms with E-state index in [1.807, 2.05) is 32.0 Å². The summed E-state index contributed by atoms with van der Waals surface area (Å²) >= 11 is 0. The Bertz CT molecular complexity index is 805. The number of nitrogens with zero attached hydrogens (tertiary/aromatic N) is 2. The van der Waals surface area contributed by atoms with Gasteiger partial charge in [-0.15, -0.1) is 0 Å². The molecule has 0 atom stereocenters. The third-order valence-corrected chi connectivity index (χ3v) is 4.09. The highest BCUT2D eigenvalue weighted by Crippen LogP contribution is 2.38. The normalized spacial score (nSPS) is 13.5. The first kappa shape index (κ1) is 17.2. The molecule has 25 heavy (non-hydrogen) atoms. The van der Waals surface area contributed by atoms with E-state index in [9.17, 15) is 9.59 Å². The molecule has 1 fully saturated rings. The molecule has 1 aliphatic carbocycles. The van der Waals surface area contributed by atoms with E-state index >= 15 is 0 Å². The van der Waals surface area contributed by atoms with Crippen LogP contribution in [0.5, 0.6) is 5.75 Å². The van der Waals surface area contributed by atoms with Gasteiger partial charge in [-0.05, 0) is 56.0 Å². The monoisotopic (exact) mass is 341 g/mol. The third-order valence-electron chi connectivity index (χ3n) is 4.09.